The van der Waals surface area contributed by atoms with Crippen LogP contribution in [0.15, 0.2) is 42.2 Å². The van der Waals surface area contributed by atoms with Crippen molar-refractivity contribution >= 4 is 22.7 Å². The topological polar surface area (TPSA) is 65.2 Å². The molecule has 0 unspecified atom stereocenters. The molecule has 5 nitrogen and oxygen atoms in total. The van der Waals surface area contributed by atoms with Gasteiger partial charge >= 0.3 is 0 Å². The number of benzene rings is 1. The van der Waals surface area contributed by atoms with Crippen LogP contribution in [0.3, 0.4) is 0 Å². The third kappa shape index (κ3) is 1.85. The molecule has 0 bridgehead atoms. The van der Waals surface area contributed by atoms with Gasteiger partial charge in [-0.15, -0.1) is 0 Å². The Hall–Kier alpha value is -2.56. The second-order valence-corrected chi connectivity index (χ2v) is 5.46. The fourth-order valence-electron chi connectivity index (χ4n) is 3.15. The molecule has 2 aromatic rings. The number of piperazine rings is 1. The molecule has 3 heterocycles. The van der Waals surface area contributed by atoms with Crippen LogP contribution in [0, 0.1) is 0 Å². The van der Waals surface area contributed by atoms with Crippen LogP contribution in [0.1, 0.15) is 12.0 Å². The minimum absolute atomic E-state index is 0.0105. The second kappa shape index (κ2) is 4.48. The lowest BCUT2D eigenvalue weighted by atomic mass is 10.0. The number of hydrogen-bond donors (Lipinski definition) is 2. The molecule has 4 rings (SSSR count). The Morgan fingerprint density at radius 1 is 1.24 bits per heavy atom. The van der Waals surface area contributed by atoms with Crippen molar-refractivity contribution in [1.29, 1.82) is 0 Å². The van der Waals surface area contributed by atoms with Crippen LogP contribution in [0.25, 0.3) is 10.9 Å². The largest absolute Gasteiger partial charge is 0.361 e. The van der Waals surface area contributed by atoms with E-state index in [0.29, 0.717) is 18.7 Å². The van der Waals surface area contributed by atoms with Crippen LogP contribution >= 0.6 is 0 Å². The normalized spacial score (nSPS) is 21.4. The van der Waals surface area contributed by atoms with Crippen LogP contribution in [0.2, 0.25) is 0 Å². The van der Waals surface area contributed by atoms with E-state index in [2.05, 4.69) is 10.3 Å². The molecule has 5 heteroatoms. The summed E-state index contributed by atoms with van der Waals surface area (Å²) < 4.78 is 0. The van der Waals surface area contributed by atoms with Gasteiger partial charge in [0.15, 0.2) is 0 Å². The van der Waals surface area contributed by atoms with Crippen molar-refractivity contribution in [2.45, 2.75) is 18.9 Å². The predicted molar refractivity (Wildman–Crippen MR) is 78.3 cm³/mol. The van der Waals surface area contributed by atoms with Gasteiger partial charge in [-0.1, -0.05) is 24.3 Å². The Kier molecular flexibility index (Phi) is 2.60. The van der Waals surface area contributed by atoms with E-state index in [-0.39, 0.29) is 11.8 Å². The van der Waals surface area contributed by atoms with Gasteiger partial charge < -0.3 is 15.2 Å². The summed E-state index contributed by atoms with van der Waals surface area (Å²) in [6.45, 7) is 0.617. The minimum atomic E-state index is -0.480. The molecule has 106 valence electrons. The summed E-state index contributed by atoms with van der Waals surface area (Å²) in [7, 11) is 0. The zero-order valence-corrected chi connectivity index (χ0v) is 11.4. The summed E-state index contributed by atoms with van der Waals surface area (Å²) in [5.74, 6) is -0.152. The van der Waals surface area contributed by atoms with E-state index in [0.717, 1.165) is 22.9 Å². The average Bonchev–Trinajstić information content (AvgIpc) is 3.12. The number of hydrogen-bond acceptors (Lipinski definition) is 2. The molecule has 1 saturated heterocycles. The van der Waals surface area contributed by atoms with Crippen LogP contribution in [-0.2, 0) is 16.0 Å². The first-order chi connectivity index (χ1) is 10.2. The highest BCUT2D eigenvalue weighted by Crippen LogP contribution is 2.24. The SMILES string of the molecule is O=C1N[C@H](Cc2c[nH]c3ccccc23)C(=O)N2CCC=C12. The van der Waals surface area contributed by atoms with Crippen molar-refractivity contribution in [3.8, 4) is 0 Å². The summed E-state index contributed by atoms with van der Waals surface area (Å²) in [6, 6.07) is 7.49. The fraction of sp³-hybridized carbons (Fsp3) is 0.250. The second-order valence-electron chi connectivity index (χ2n) is 5.46. The lowest BCUT2D eigenvalue weighted by Crippen LogP contribution is -2.56. The van der Waals surface area contributed by atoms with E-state index in [1.165, 1.54) is 0 Å². The first-order valence-corrected chi connectivity index (χ1v) is 7.11. The van der Waals surface area contributed by atoms with Gasteiger partial charge in [0, 0.05) is 30.1 Å². The van der Waals surface area contributed by atoms with Gasteiger partial charge in [0.25, 0.3) is 5.91 Å². The number of nitrogens with zero attached hydrogens (tertiary/aromatic N) is 1. The van der Waals surface area contributed by atoms with Gasteiger partial charge in [-0.05, 0) is 18.1 Å². The highest BCUT2D eigenvalue weighted by molar-refractivity contribution is 6.05. The van der Waals surface area contributed by atoms with E-state index < -0.39 is 6.04 Å². The molecule has 0 aliphatic carbocycles. The number of fused-ring (bicyclic) bond motifs is 2. The van der Waals surface area contributed by atoms with Crippen molar-refractivity contribution in [3.05, 3.63) is 47.8 Å². The van der Waals surface area contributed by atoms with E-state index in [4.69, 9.17) is 0 Å². The third-order valence-corrected chi connectivity index (χ3v) is 4.18. The highest BCUT2D eigenvalue weighted by atomic mass is 16.2. The molecule has 2 N–H and O–H groups in total. The Balaban J connectivity index is 1.64. The van der Waals surface area contributed by atoms with Gasteiger partial charge in [0.05, 0.1) is 0 Å². The van der Waals surface area contributed by atoms with Gasteiger partial charge in [0.2, 0.25) is 5.91 Å². The zero-order chi connectivity index (χ0) is 14.4. The smallest absolute Gasteiger partial charge is 0.268 e. The number of carbonyl (C=O) groups is 2. The van der Waals surface area contributed by atoms with Crippen molar-refractivity contribution in [2.75, 3.05) is 6.54 Å². The van der Waals surface area contributed by atoms with Crippen LogP contribution in [-0.4, -0.2) is 34.3 Å². The third-order valence-electron chi connectivity index (χ3n) is 4.18. The van der Waals surface area contributed by atoms with E-state index in [1.54, 1.807) is 4.90 Å². The Labute approximate surface area is 121 Å². The molecule has 2 aliphatic heterocycles. The Bertz CT molecular complexity index is 775. The number of nitrogens with one attached hydrogen (secondary N) is 2. The fourth-order valence-corrected chi connectivity index (χ4v) is 3.15. The van der Waals surface area contributed by atoms with Crippen molar-refractivity contribution < 1.29 is 9.59 Å². The van der Waals surface area contributed by atoms with Crippen molar-refractivity contribution in [1.82, 2.24) is 15.2 Å². The Morgan fingerprint density at radius 2 is 2.10 bits per heavy atom. The first-order valence-electron chi connectivity index (χ1n) is 7.11. The quantitative estimate of drug-likeness (QED) is 0.872. The maximum absolute atomic E-state index is 12.5. The molecule has 1 atom stereocenters. The molecular formula is C16H15N3O2. The van der Waals surface area contributed by atoms with Gasteiger partial charge in [-0.25, -0.2) is 0 Å². The summed E-state index contributed by atoms with van der Waals surface area (Å²) in [5, 5.41) is 3.93. The monoisotopic (exact) mass is 281 g/mol. The number of para-hydroxylation sites is 1. The van der Waals surface area contributed by atoms with Crippen LogP contribution in [0.5, 0.6) is 0 Å². The Morgan fingerprint density at radius 3 is 3.00 bits per heavy atom. The first kappa shape index (κ1) is 12.2. The maximum atomic E-state index is 12.5. The number of amides is 2. The molecular weight excluding hydrogens is 266 g/mol. The van der Waals surface area contributed by atoms with Crippen molar-refractivity contribution in [3.63, 3.8) is 0 Å². The molecule has 21 heavy (non-hydrogen) atoms. The van der Waals surface area contributed by atoms with E-state index in [1.807, 2.05) is 36.5 Å². The zero-order valence-electron chi connectivity index (χ0n) is 11.4. The van der Waals surface area contributed by atoms with Crippen LogP contribution < -0.4 is 5.32 Å². The lowest BCUT2D eigenvalue weighted by molar-refractivity contribution is -0.139. The molecule has 0 spiro atoms. The van der Waals surface area contributed by atoms with E-state index in [9.17, 15) is 9.59 Å². The molecule has 0 saturated carbocycles. The highest BCUT2D eigenvalue weighted by Gasteiger charge is 2.38. The van der Waals surface area contributed by atoms with Crippen LogP contribution in [0.4, 0.5) is 0 Å². The van der Waals surface area contributed by atoms with Gasteiger partial charge in [-0.2, -0.15) is 0 Å². The molecule has 1 aromatic heterocycles. The number of aromatic amines is 1. The summed E-state index contributed by atoms with van der Waals surface area (Å²) in [6.07, 6.45) is 5.02. The standard InChI is InChI=1S/C16H15N3O2/c20-15-14-6-3-7-19(14)16(21)13(18-15)8-10-9-17-12-5-2-1-4-11(10)12/h1-2,4-6,9,13,17H,3,7-8H2,(H,18,20)/t13-/m1/s1. The molecule has 1 aromatic carbocycles. The average molecular weight is 281 g/mol. The molecule has 2 aliphatic rings. The number of aromatic nitrogens is 1. The van der Waals surface area contributed by atoms with Gasteiger partial charge in [0.1, 0.15) is 11.7 Å². The predicted octanol–water partition coefficient (Wildman–Crippen LogP) is 1.32. The van der Waals surface area contributed by atoms with Crippen molar-refractivity contribution in [2.24, 2.45) is 0 Å². The maximum Gasteiger partial charge on any atom is 0.268 e. The summed E-state index contributed by atoms with van der Waals surface area (Å²) in [5.41, 5.74) is 2.61. The molecule has 0 radical (unpaired) electrons. The minimum Gasteiger partial charge on any atom is -0.361 e. The molecule has 2 amide bonds. The van der Waals surface area contributed by atoms with Gasteiger partial charge in [-0.3, -0.25) is 9.59 Å². The summed E-state index contributed by atoms with van der Waals surface area (Å²) in [4.78, 5) is 29.3. The molecule has 1 fully saturated rings. The lowest BCUT2D eigenvalue weighted by Gasteiger charge is -2.31. The number of carbonyl (C=O) groups excluding carboxylic acids is 2. The number of rotatable bonds is 2. The number of H-pyrrole nitrogens is 1. The summed E-state index contributed by atoms with van der Waals surface area (Å²) >= 11 is 0. The van der Waals surface area contributed by atoms with E-state index >= 15 is 0 Å².